The van der Waals surface area contributed by atoms with E-state index in [1.54, 1.807) is 0 Å². The molecule has 5 N–H and O–H groups in total. The van der Waals surface area contributed by atoms with Crippen molar-refractivity contribution >= 4 is 17.9 Å². The maximum atomic E-state index is 11.4. The van der Waals surface area contributed by atoms with Gasteiger partial charge in [0.05, 0.1) is 18.8 Å². The molecule has 0 aliphatic rings. The van der Waals surface area contributed by atoms with Gasteiger partial charge in [0, 0.05) is 20.8 Å². The highest BCUT2D eigenvalue weighted by molar-refractivity contribution is 5.87. The predicted octanol–water partition coefficient (Wildman–Crippen LogP) is -2.81. The summed E-state index contributed by atoms with van der Waals surface area (Å²) in [4.78, 5) is 38.4. The van der Waals surface area contributed by atoms with Crippen LogP contribution in [0.3, 0.4) is 0 Å². The first kappa shape index (κ1) is 21.2. The summed E-state index contributed by atoms with van der Waals surface area (Å²) in [5, 5.41) is 58.7. The number of carboxylic acids is 3. The molecule has 3 unspecified atom stereocenters. The number of nitrogens with zero attached hydrogens (tertiary/aromatic N) is 1. The Hall–Kier alpha value is -1.79. The van der Waals surface area contributed by atoms with Crippen molar-refractivity contribution in [3.05, 3.63) is 0 Å². The molecule has 0 rings (SSSR count). The number of hydroxylamine groups is 3. The predicted molar refractivity (Wildman–Crippen MR) is 68.6 cm³/mol. The van der Waals surface area contributed by atoms with Crippen molar-refractivity contribution in [3.8, 4) is 0 Å². The van der Waals surface area contributed by atoms with Crippen LogP contribution in [0.2, 0.25) is 0 Å². The fraction of sp³-hybridized carbons (Fsp3) is 0.750. The average Bonchev–Trinajstić information content (AvgIpc) is 2.32. The van der Waals surface area contributed by atoms with Gasteiger partial charge in [-0.05, 0) is 0 Å². The molecule has 0 heterocycles. The van der Waals surface area contributed by atoms with Crippen LogP contribution < -0.4 is 5.11 Å². The Bertz CT molecular complexity index is 421. The van der Waals surface area contributed by atoms with E-state index in [2.05, 4.69) is 0 Å². The molecule has 0 aliphatic heterocycles. The van der Waals surface area contributed by atoms with Crippen LogP contribution in [0, 0.1) is 0 Å². The van der Waals surface area contributed by atoms with Gasteiger partial charge in [0.1, 0.15) is 0 Å². The Morgan fingerprint density at radius 2 is 1.26 bits per heavy atom. The second kappa shape index (κ2) is 7.66. The van der Waals surface area contributed by atoms with Crippen molar-refractivity contribution < 1.29 is 54.5 Å². The molecule has 134 valence electrons. The third-order valence-electron chi connectivity index (χ3n) is 3.33. The summed E-state index contributed by atoms with van der Waals surface area (Å²) in [6, 6.07) is 0. The van der Waals surface area contributed by atoms with Crippen LogP contribution >= 0.6 is 0 Å². The number of aliphatic hydroxyl groups excluding tert-OH is 3. The summed E-state index contributed by atoms with van der Waals surface area (Å²) in [5.74, 6) is -5.60. The molecule has 0 aliphatic carbocycles. The first-order valence-electron chi connectivity index (χ1n) is 6.60. The van der Waals surface area contributed by atoms with Crippen LogP contribution in [-0.4, -0.2) is 72.4 Å². The molecule has 23 heavy (non-hydrogen) atoms. The van der Waals surface area contributed by atoms with Gasteiger partial charge in [0.25, 0.3) is 0 Å². The topological polar surface area (TPSA) is 185 Å². The fourth-order valence-electron chi connectivity index (χ4n) is 2.27. The van der Waals surface area contributed by atoms with Gasteiger partial charge in [-0.15, -0.1) is 4.65 Å². The van der Waals surface area contributed by atoms with Crippen LogP contribution in [-0.2, 0) is 19.2 Å². The molecular weight excluding hydrogens is 318 g/mol. The third-order valence-corrected chi connectivity index (χ3v) is 3.33. The molecule has 0 bridgehead atoms. The van der Waals surface area contributed by atoms with Crippen LogP contribution in [0.15, 0.2) is 0 Å². The molecule has 0 saturated carbocycles. The largest absolute Gasteiger partial charge is 0.547 e. The number of carbonyl (C=O) groups is 3. The summed E-state index contributed by atoms with van der Waals surface area (Å²) in [6.45, 7) is 3.13. The Kier molecular flexibility index (Phi) is 7.06. The van der Waals surface area contributed by atoms with Crippen LogP contribution in [0.4, 0.5) is 0 Å². The summed E-state index contributed by atoms with van der Waals surface area (Å²) in [7, 11) is 0. The fourth-order valence-corrected chi connectivity index (χ4v) is 2.27. The standard InChI is InChI=1S/C12H21NO10/c1-6(14)13(7(2)15,8(3)16)23-12(11(21)22,4-9(17)18)5-10(19)20/h6-8,14-16H,4-5H2,1-3H3,(H2-,17,18,19,20,21,22). The highest BCUT2D eigenvalue weighted by atomic mass is 16.8. The number of carbonyl (C=O) groups excluding carboxylic acids is 1. The number of aliphatic carboxylic acids is 3. The minimum absolute atomic E-state index is 1.04. The maximum absolute atomic E-state index is 11.4. The Morgan fingerprint density at radius 1 is 0.957 bits per heavy atom. The summed E-state index contributed by atoms with van der Waals surface area (Å²) in [5.41, 5.74) is -2.93. The average molecular weight is 339 g/mol. The molecule has 0 aromatic rings. The summed E-state index contributed by atoms with van der Waals surface area (Å²) in [6.07, 6.45) is -7.83. The van der Waals surface area contributed by atoms with E-state index in [0.717, 1.165) is 20.8 Å². The van der Waals surface area contributed by atoms with Crippen molar-refractivity contribution in [2.75, 3.05) is 0 Å². The molecule has 0 amide bonds. The van der Waals surface area contributed by atoms with Gasteiger partial charge < -0.3 is 35.4 Å². The minimum atomic E-state index is -2.93. The lowest BCUT2D eigenvalue weighted by molar-refractivity contribution is -1.20. The number of aliphatic hydroxyl groups is 3. The Labute approximate surface area is 131 Å². The van der Waals surface area contributed by atoms with Crippen molar-refractivity contribution in [2.24, 2.45) is 0 Å². The smallest absolute Gasteiger partial charge is 0.306 e. The van der Waals surface area contributed by atoms with Gasteiger partial charge >= 0.3 is 11.9 Å². The highest BCUT2D eigenvalue weighted by Gasteiger charge is 2.54. The van der Waals surface area contributed by atoms with Crippen molar-refractivity contribution in [1.29, 1.82) is 0 Å². The minimum Gasteiger partial charge on any atom is -0.547 e. The zero-order chi connectivity index (χ0) is 18.6. The quantitative estimate of drug-likeness (QED) is 0.158. The van der Waals surface area contributed by atoms with E-state index >= 15 is 0 Å². The maximum Gasteiger partial charge on any atom is 0.306 e. The lowest BCUT2D eigenvalue weighted by Gasteiger charge is -2.47. The van der Waals surface area contributed by atoms with Crippen molar-refractivity contribution in [3.63, 3.8) is 0 Å². The van der Waals surface area contributed by atoms with Gasteiger partial charge in [-0.1, -0.05) is 0 Å². The van der Waals surface area contributed by atoms with E-state index in [9.17, 15) is 34.8 Å². The second-order valence-electron chi connectivity index (χ2n) is 5.17. The van der Waals surface area contributed by atoms with Gasteiger partial charge in [-0.2, -0.15) is 4.84 Å². The number of hydrogen-bond donors (Lipinski definition) is 5. The van der Waals surface area contributed by atoms with Crippen LogP contribution in [0.25, 0.3) is 0 Å². The molecule has 0 radical (unpaired) electrons. The Morgan fingerprint density at radius 3 is 1.43 bits per heavy atom. The number of quaternary nitrogens is 1. The van der Waals surface area contributed by atoms with Crippen molar-refractivity contribution in [1.82, 2.24) is 0 Å². The molecule has 0 spiro atoms. The monoisotopic (exact) mass is 339 g/mol. The van der Waals surface area contributed by atoms with Gasteiger partial charge in [0.2, 0.25) is 18.7 Å². The third kappa shape index (κ3) is 4.59. The van der Waals surface area contributed by atoms with E-state index < -0.39 is 59.7 Å². The first-order valence-corrected chi connectivity index (χ1v) is 6.60. The summed E-state index contributed by atoms with van der Waals surface area (Å²) >= 11 is 0. The highest BCUT2D eigenvalue weighted by Crippen LogP contribution is 2.32. The van der Waals surface area contributed by atoms with Crippen molar-refractivity contribution in [2.45, 2.75) is 57.9 Å². The SMILES string of the molecule is CC(O)[N+](OC(CC(=O)O)(CC(=O)O)C(=O)[O-])(C(C)O)C(C)O. The number of hydrogen-bond acceptors (Lipinski definition) is 8. The Balaban J connectivity index is 6.20. The van der Waals surface area contributed by atoms with E-state index in [1.807, 2.05) is 0 Å². The van der Waals surface area contributed by atoms with Gasteiger partial charge in [0.15, 0.2) is 5.60 Å². The van der Waals surface area contributed by atoms with Gasteiger partial charge in [-0.25, -0.2) is 0 Å². The van der Waals surface area contributed by atoms with E-state index in [-0.39, 0.29) is 0 Å². The number of carboxylic acid groups (broad SMARTS) is 3. The molecule has 11 heteroatoms. The lowest BCUT2D eigenvalue weighted by atomic mass is 9.95. The molecule has 11 nitrogen and oxygen atoms in total. The van der Waals surface area contributed by atoms with Crippen LogP contribution in [0.1, 0.15) is 33.6 Å². The molecule has 0 aromatic carbocycles. The zero-order valence-electron chi connectivity index (χ0n) is 12.9. The van der Waals surface area contributed by atoms with E-state index in [1.165, 1.54) is 0 Å². The lowest BCUT2D eigenvalue weighted by Crippen LogP contribution is -2.70. The molecular formula is C12H21NO10. The molecule has 0 fully saturated rings. The zero-order valence-corrected chi connectivity index (χ0v) is 12.9. The van der Waals surface area contributed by atoms with Gasteiger partial charge in [-0.3, -0.25) is 9.59 Å². The number of rotatable bonds is 10. The first-order chi connectivity index (χ1) is 10.3. The molecule has 0 aromatic heterocycles. The van der Waals surface area contributed by atoms with E-state index in [4.69, 9.17) is 15.1 Å². The normalized spacial score (nSPS) is 18.5. The molecule has 0 saturated heterocycles. The van der Waals surface area contributed by atoms with Crippen LogP contribution in [0.5, 0.6) is 0 Å². The molecule has 3 atom stereocenters. The second-order valence-corrected chi connectivity index (χ2v) is 5.17. The summed E-state index contributed by atoms with van der Waals surface area (Å²) < 4.78 is -1.53. The van der Waals surface area contributed by atoms with E-state index in [0.29, 0.717) is 0 Å².